The van der Waals surface area contributed by atoms with E-state index in [1.54, 1.807) is 18.2 Å². The Balaban J connectivity index is 1.71. The molecule has 0 saturated carbocycles. The molecule has 0 aliphatic carbocycles. The lowest BCUT2D eigenvalue weighted by molar-refractivity contribution is -0.132. The Labute approximate surface area is 195 Å². The molecule has 0 aliphatic heterocycles. The third-order valence-electron chi connectivity index (χ3n) is 4.40. The number of rotatable bonds is 6. The summed E-state index contributed by atoms with van der Waals surface area (Å²) >= 11 is 4.62. The fourth-order valence-electron chi connectivity index (χ4n) is 3.04. The lowest BCUT2D eigenvalue weighted by atomic mass is 10.2. The minimum atomic E-state index is -0.462. The maximum atomic E-state index is 12.9. The highest BCUT2D eigenvalue weighted by atomic mass is 79.9. The predicted molar refractivity (Wildman–Crippen MR) is 125 cm³/mol. The van der Waals surface area contributed by atoms with Gasteiger partial charge < -0.3 is 14.2 Å². The predicted octanol–water partition coefficient (Wildman–Crippen LogP) is 3.46. The second kappa shape index (κ2) is 9.09. The standard InChI is InChI=1S/C22H18BrN3O5S/c1-4-30-15-7-5-14(6-8-15)20-24-22-26(25-20)21(28)18(32-22)11-13-9-16(23)19(31-12(2)27)17(10-13)29-3/h5-11H,4H2,1-3H3. The lowest BCUT2D eigenvalue weighted by Crippen LogP contribution is -2.23. The first-order valence-corrected chi connectivity index (χ1v) is 11.2. The molecular formula is C22H18BrN3O5S. The van der Waals surface area contributed by atoms with E-state index in [0.717, 1.165) is 11.3 Å². The summed E-state index contributed by atoms with van der Waals surface area (Å²) < 4.78 is 18.3. The molecular weight excluding hydrogens is 498 g/mol. The van der Waals surface area contributed by atoms with Crippen LogP contribution >= 0.6 is 27.3 Å². The molecule has 32 heavy (non-hydrogen) atoms. The number of benzene rings is 2. The van der Waals surface area contributed by atoms with Crippen molar-refractivity contribution in [1.29, 1.82) is 0 Å². The summed E-state index contributed by atoms with van der Waals surface area (Å²) in [4.78, 5) is 29.2. The SMILES string of the molecule is CCOc1ccc(-c2nc3sc(=Cc4cc(Br)c(OC(C)=O)c(OC)c4)c(=O)n3n2)cc1. The van der Waals surface area contributed by atoms with Crippen molar-refractivity contribution in [3.05, 3.63) is 61.3 Å². The number of hydrogen-bond acceptors (Lipinski definition) is 8. The molecule has 0 atom stereocenters. The Kier molecular flexibility index (Phi) is 6.24. The van der Waals surface area contributed by atoms with Gasteiger partial charge in [0.15, 0.2) is 17.3 Å². The minimum absolute atomic E-state index is 0.270. The molecule has 0 radical (unpaired) electrons. The average molecular weight is 516 g/mol. The molecule has 0 aliphatic rings. The molecule has 4 rings (SSSR count). The molecule has 4 aromatic rings. The second-order valence-electron chi connectivity index (χ2n) is 6.63. The maximum Gasteiger partial charge on any atom is 0.308 e. The number of esters is 1. The van der Waals surface area contributed by atoms with E-state index in [1.165, 1.54) is 29.9 Å². The van der Waals surface area contributed by atoms with Crippen molar-refractivity contribution in [3.8, 4) is 28.6 Å². The van der Waals surface area contributed by atoms with Crippen molar-refractivity contribution in [3.63, 3.8) is 0 Å². The summed E-state index contributed by atoms with van der Waals surface area (Å²) in [6.07, 6.45) is 1.71. The number of aromatic nitrogens is 3. The third-order valence-corrected chi connectivity index (χ3v) is 5.95. The monoisotopic (exact) mass is 515 g/mol. The van der Waals surface area contributed by atoms with Crippen molar-refractivity contribution < 1.29 is 19.0 Å². The first-order chi connectivity index (χ1) is 15.4. The van der Waals surface area contributed by atoms with Crippen LogP contribution < -0.4 is 24.3 Å². The number of nitrogens with zero attached hydrogens (tertiary/aromatic N) is 3. The summed E-state index contributed by atoms with van der Waals surface area (Å²) in [5.74, 6) is 1.42. The Bertz CT molecular complexity index is 1410. The zero-order valence-corrected chi connectivity index (χ0v) is 19.8. The van der Waals surface area contributed by atoms with Gasteiger partial charge in [-0.05, 0) is 70.9 Å². The van der Waals surface area contributed by atoms with Crippen LogP contribution in [0.15, 0.2) is 45.7 Å². The van der Waals surface area contributed by atoms with Gasteiger partial charge in [0, 0.05) is 12.5 Å². The van der Waals surface area contributed by atoms with E-state index in [2.05, 4.69) is 26.0 Å². The Morgan fingerprint density at radius 1 is 1.25 bits per heavy atom. The number of halogens is 1. The van der Waals surface area contributed by atoms with Crippen LogP contribution in [0.4, 0.5) is 0 Å². The van der Waals surface area contributed by atoms with Gasteiger partial charge in [0.25, 0.3) is 5.56 Å². The largest absolute Gasteiger partial charge is 0.494 e. The van der Waals surface area contributed by atoms with Gasteiger partial charge in [-0.1, -0.05) is 11.3 Å². The van der Waals surface area contributed by atoms with E-state index in [1.807, 2.05) is 31.2 Å². The van der Waals surface area contributed by atoms with Crippen LogP contribution in [0.25, 0.3) is 22.4 Å². The van der Waals surface area contributed by atoms with Crippen molar-refractivity contribution >= 4 is 44.3 Å². The van der Waals surface area contributed by atoms with E-state index < -0.39 is 5.97 Å². The molecule has 8 nitrogen and oxygen atoms in total. The van der Waals surface area contributed by atoms with Gasteiger partial charge in [-0.25, -0.2) is 0 Å². The van der Waals surface area contributed by atoms with Crippen LogP contribution in [-0.2, 0) is 4.79 Å². The van der Waals surface area contributed by atoms with E-state index >= 15 is 0 Å². The van der Waals surface area contributed by atoms with Crippen LogP contribution in [0, 0.1) is 0 Å². The summed E-state index contributed by atoms with van der Waals surface area (Å²) in [5.41, 5.74) is 1.22. The van der Waals surface area contributed by atoms with E-state index in [4.69, 9.17) is 14.2 Å². The van der Waals surface area contributed by atoms with Crippen molar-refractivity contribution in [1.82, 2.24) is 14.6 Å². The summed E-state index contributed by atoms with van der Waals surface area (Å²) in [5, 5.41) is 4.37. The second-order valence-corrected chi connectivity index (χ2v) is 8.49. The topological polar surface area (TPSA) is 92.0 Å². The van der Waals surface area contributed by atoms with Crippen LogP contribution in [0.1, 0.15) is 19.4 Å². The zero-order valence-electron chi connectivity index (χ0n) is 17.4. The molecule has 0 unspecified atom stereocenters. The molecule has 0 bridgehead atoms. The van der Waals surface area contributed by atoms with Crippen LogP contribution in [0.3, 0.4) is 0 Å². The summed E-state index contributed by atoms with van der Waals surface area (Å²) in [6.45, 7) is 3.82. The average Bonchev–Trinajstić information content (AvgIpc) is 3.30. The minimum Gasteiger partial charge on any atom is -0.494 e. The number of fused-ring (bicyclic) bond motifs is 1. The number of thiazole rings is 1. The number of carbonyl (C=O) groups is 1. The van der Waals surface area contributed by atoms with Gasteiger partial charge in [0.2, 0.25) is 4.96 Å². The molecule has 0 N–H and O–H groups in total. The lowest BCUT2D eigenvalue weighted by Gasteiger charge is -2.10. The van der Waals surface area contributed by atoms with Gasteiger partial charge in [0.05, 0.1) is 22.7 Å². The molecule has 2 heterocycles. The fourth-order valence-corrected chi connectivity index (χ4v) is 4.49. The number of ether oxygens (including phenoxy) is 3. The van der Waals surface area contributed by atoms with Crippen molar-refractivity contribution in [2.24, 2.45) is 0 Å². The Hall–Kier alpha value is -3.24. The van der Waals surface area contributed by atoms with Crippen LogP contribution in [0.2, 0.25) is 0 Å². The molecule has 2 aromatic heterocycles. The third kappa shape index (κ3) is 4.37. The van der Waals surface area contributed by atoms with Gasteiger partial charge in [-0.2, -0.15) is 9.50 Å². The Morgan fingerprint density at radius 3 is 2.62 bits per heavy atom. The molecule has 0 amide bonds. The van der Waals surface area contributed by atoms with Gasteiger partial charge in [0.1, 0.15) is 5.75 Å². The molecule has 0 fully saturated rings. The van der Waals surface area contributed by atoms with Crippen molar-refractivity contribution in [2.45, 2.75) is 13.8 Å². The molecule has 0 spiro atoms. The zero-order chi connectivity index (χ0) is 22.8. The highest BCUT2D eigenvalue weighted by Crippen LogP contribution is 2.37. The molecule has 164 valence electrons. The Morgan fingerprint density at radius 2 is 2.00 bits per heavy atom. The first kappa shape index (κ1) is 22.0. The van der Waals surface area contributed by atoms with Crippen LogP contribution in [0.5, 0.6) is 17.2 Å². The first-order valence-electron chi connectivity index (χ1n) is 9.60. The normalized spacial score (nSPS) is 11.7. The molecule has 2 aromatic carbocycles. The highest BCUT2D eigenvalue weighted by Gasteiger charge is 2.15. The highest BCUT2D eigenvalue weighted by molar-refractivity contribution is 9.10. The number of methoxy groups -OCH3 is 1. The van der Waals surface area contributed by atoms with Gasteiger partial charge >= 0.3 is 5.97 Å². The maximum absolute atomic E-state index is 12.9. The molecule has 0 saturated heterocycles. The van der Waals surface area contributed by atoms with Gasteiger partial charge in [-0.15, -0.1) is 5.10 Å². The van der Waals surface area contributed by atoms with Gasteiger partial charge in [-0.3, -0.25) is 9.59 Å². The van der Waals surface area contributed by atoms with Crippen molar-refractivity contribution in [2.75, 3.05) is 13.7 Å². The number of carbonyl (C=O) groups excluding carboxylic acids is 1. The quantitative estimate of drug-likeness (QED) is 0.286. The summed E-state index contributed by atoms with van der Waals surface area (Å²) in [6, 6.07) is 10.8. The van der Waals surface area contributed by atoms with Crippen LogP contribution in [-0.4, -0.2) is 34.3 Å². The van der Waals surface area contributed by atoms with E-state index in [9.17, 15) is 9.59 Å². The smallest absolute Gasteiger partial charge is 0.308 e. The molecule has 10 heteroatoms. The number of hydrogen-bond donors (Lipinski definition) is 0. The fraction of sp³-hybridized carbons (Fsp3) is 0.182. The van der Waals surface area contributed by atoms with E-state index in [0.29, 0.717) is 37.7 Å². The summed E-state index contributed by atoms with van der Waals surface area (Å²) in [7, 11) is 1.48. The van der Waals surface area contributed by atoms with E-state index in [-0.39, 0.29) is 11.3 Å².